The quantitative estimate of drug-likeness (QED) is 0.921. The Morgan fingerprint density at radius 1 is 1.41 bits per heavy atom. The maximum absolute atomic E-state index is 12.3. The highest BCUT2D eigenvalue weighted by Crippen LogP contribution is 2.24. The number of hydrogen-bond donors (Lipinski definition) is 1. The number of ether oxygens (including phenoxy) is 1. The van der Waals surface area contributed by atoms with Crippen LogP contribution in [0.25, 0.3) is 0 Å². The monoisotopic (exact) mass is 338 g/mol. The topological polar surface area (TPSA) is 41.6 Å². The van der Waals surface area contributed by atoms with Gasteiger partial charge in [-0.1, -0.05) is 6.07 Å². The summed E-state index contributed by atoms with van der Waals surface area (Å²) in [7, 11) is 1.66. The summed E-state index contributed by atoms with van der Waals surface area (Å²) in [4.78, 5) is 13.9. The average molecular weight is 339 g/mol. The van der Waals surface area contributed by atoms with Crippen molar-refractivity contribution in [3.63, 3.8) is 0 Å². The van der Waals surface area contributed by atoms with E-state index in [4.69, 9.17) is 0 Å². The lowest BCUT2D eigenvalue weighted by molar-refractivity contribution is -0.274. The summed E-state index contributed by atoms with van der Waals surface area (Å²) in [5.74, 6) is -0.695. The van der Waals surface area contributed by atoms with E-state index in [1.165, 1.54) is 18.2 Å². The van der Waals surface area contributed by atoms with Gasteiger partial charge >= 0.3 is 6.36 Å². The highest BCUT2D eigenvalue weighted by molar-refractivity contribution is 5.94. The van der Waals surface area contributed by atoms with Crippen molar-refractivity contribution in [2.45, 2.75) is 25.2 Å². The Bertz CT molecular complexity index is 505. The molecule has 1 amide bonds. The van der Waals surface area contributed by atoms with Gasteiger partial charge < -0.3 is 15.0 Å². The van der Waals surface area contributed by atoms with Gasteiger partial charge in [0, 0.05) is 25.2 Å². The second kappa shape index (κ2) is 7.69. The summed E-state index contributed by atoms with van der Waals surface area (Å²) in [5, 5.41) is 3.20. The number of alkyl halides is 3. The fourth-order valence-corrected chi connectivity index (χ4v) is 2.36. The highest BCUT2D eigenvalue weighted by atomic mass is 35.5. The molecule has 1 aliphatic heterocycles. The van der Waals surface area contributed by atoms with Crippen molar-refractivity contribution < 1.29 is 22.7 Å². The van der Waals surface area contributed by atoms with Gasteiger partial charge in [0.15, 0.2) is 0 Å². The number of carbonyl (C=O) groups is 1. The van der Waals surface area contributed by atoms with E-state index in [1.54, 1.807) is 11.9 Å². The molecule has 1 atom stereocenters. The van der Waals surface area contributed by atoms with Gasteiger partial charge in [0.2, 0.25) is 0 Å². The molecule has 0 spiro atoms. The standard InChI is InChI=1S/C14H17F3N2O2.ClH/c1-19(11-5-3-7-18-9-11)13(20)10-4-2-6-12(8-10)21-14(15,16)17;/h2,4,6,8,11,18H,3,5,7,9H2,1H3;1H/t11-;/m1./s1. The zero-order valence-corrected chi connectivity index (χ0v) is 12.8. The number of halogens is 4. The van der Waals surface area contributed by atoms with E-state index in [0.29, 0.717) is 6.54 Å². The van der Waals surface area contributed by atoms with E-state index in [-0.39, 0.29) is 35.7 Å². The number of benzene rings is 1. The zero-order chi connectivity index (χ0) is 15.5. The molecule has 1 aromatic carbocycles. The third kappa shape index (κ3) is 5.06. The summed E-state index contributed by atoms with van der Waals surface area (Å²) < 4.78 is 40.4. The molecule has 2 rings (SSSR count). The average Bonchev–Trinajstić information content (AvgIpc) is 2.45. The molecular formula is C14H18ClF3N2O2. The molecule has 0 aromatic heterocycles. The third-order valence-electron chi connectivity index (χ3n) is 3.45. The van der Waals surface area contributed by atoms with Crippen molar-refractivity contribution in [3.05, 3.63) is 29.8 Å². The first kappa shape index (κ1) is 18.6. The van der Waals surface area contributed by atoms with Crippen molar-refractivity contribution in [2.24, 2.45) is 0 Å². The minimum atomic E-state index is -4.76. The van der Waals surface area contributed by atoms with Crippen molar-refractivity contribution >= 4 is 18.3 Å². The first-order chi connectivity index (χ1) is 9.87. The number of rotatable bonds is 3. The van der Waals surface area contributed by atoms with Crippen LogP contribution in [0.4, 0.5) is 13.2 Å². The summed E-state index contributed by atoms with van der Waals surface area (Å²) in [6.45, 7) is 1.62. The predicted octanol–water partition coefficient (Wildman–Crippen LogP) is 2.83. The second-order valence-electron chi connectivity index (χ2n) is 4.99. The van der Waals surface area contributed by atoms with Crippen LogP contribution >= 0.6 is 12.4 Å². The molecule has 22 heavy (non-hydrogen) atoms. The molecule has 1 N–H and O–H groups in total. The fraction of sp³-hybridized carbons (Fsp3) is 0.500. The van der Waals surface area contributed by atoms with Crippen molar-refractivity contribution in [3.8, 4) is 5.75 Å². The minimum Gasteiger partial charge on any atom is -0.406 e. The van der Waals surface area contributed by atoms with Gasteiger partial charge in [-0.25, -0.2) is 0 Å². The molecule has 8 heteroatoms. The van der Waals surface area contributed by atoms with Gasteiger partial charge in [-0.3, -0.25) is 4.79 Å². The largest absolute Gasteiger partial charge is 0.573 e. The first-order valence-electron chi connectivity index (χ1n) is 6.70. The molecule has 1 fully saturated rings. The summed E-state index contributed by atoms with van der Waals surface area (Å²) in [6.07, 6.45) is -2.91. The van der Waals surface area contributed by atoms with Crippen LogP contribution in [0.3, 0.4) is 0 Å². The molecule has 124 valence electrons. The Kier molecular flexibility index (Phi) is 6.49. The molecule has 0 radical (unpaired) electrons. The van der Waals surface area contributed by atoms with E-state index in [9.17, 15) is 18.0 Å². The normalized spacial score (nSPS) is 18.3. The number of piperidine rings is 1. The third-order valence-corrected chi connectivity index (χ3v) is 3.45. The van der Waals surface area contributed by atoms with Crippen LogP contribution in [0.15, 0.2) is 24.3 Å². The Morgan fingerprint density at radius 2 is 2.14 bits per heavy atom. The van der Waals surface area contributed by atoms with E-state index >= 15 is 0 Å². The molecule has 0 saturated carbocycles. The molecule has 0 bridgehead atoms. The summed E-state index contributed by atoms with van der Waals surface area (Å²) in [6, 6.07) is 5.20. The summed E-state index contributed by atoms with van der Waals surface area (Å²) in [5.41, 5.74) is 0.185. The first-order valence-corrected chi connectivity index (χ1v) is 6.70. The zero-order valence-electron chi connectivity index (χ0n) is 12.0. The summed E-state index contributed by atoms with van der Waals surface area (Å²) >= 11 is 0. The molecular weight excluding hydrogens is 321 g/mol. The predicted molar refractivity (Wildman–Crippen MR) is 78.4 cm³/mol. The van der Waals surface area contributed by atoms with Crippen LogP contribution in [0.5, 0.6) is 5.75 Å². The molecule has 1 saturated heterocycles. The lowest BCUT2D eigenvalue weighted by Crippen LogP contribution is -2.46. The van der Waals surface area contributed by atoms with E-state index in [1.807, 2.05) is 0 Å². The second-order valence-corrected chi connectivity index (χ2v) is 4.99. The van der Waals surface area contributed by atoms with Crippen molar-refractivity contribution in [2.75, 3.05) is 20.1 Å². The Balaban J connectivity index is 0.00000242. The smallest absolute Gasteiger partial charge is 0.406 e. The minimum absolute atomic E-state index is 0. The van der Waals surface area contributed by atoms with Gasteiger partial charge in [-0.05, 0) is 37.6 Å². The number of carbonyl (C=O) groups excluding carboxylic acids is 1. The number of amides is 1. The Morgan fingerprint density at radius 3 is 2.73 bits per heavy atom. The fourth-order valence-electron chi connectivity index (χ4n) is 2.36. The van der Waals surface area contributed by atoms with Crippen LogP contribution in [0.2, 0.25) is 0 Å². The molecule has 0 unspecified atom stereocenters. The van der Waals surface area contributed by atoms with E-state index in [2.05, 4.69) is 10.1 Å². The lowest BCUT2D eigenvalue weighted by Gasteiger charge is -2.31. The number of likely N-dealkylation sites (N-methyl/N-ethyl adjacent to an activating group) is 1. The Labute approximate surface area is 133 Å². The maximum Gasteiger partial charge on any atom is 0.573 e. The highest BCUT2D eigenvalue weighted by Gasteiger charge is 2.31. The van der Waals surface area contributed by atoms with Crippen molar-refractivity contribution in [1.29, 1.82) is 0 Å². The molecule has 1 heterocycles. The van der Waals surface area contributed by atoms with Crippen LogP contribution in [0.1, 0.15) is 23.2 Å². The Hall–Kier alpha value is -1.47. The van der Waals surface area contributed by atoms with Crippen LogP contribution in [-0.2, 0) is 0 Å². The number of nitrogens with one attached hydrogen (secondary N) is 1. The van der Waals surface area contributed by atoms with Crippen LogP contribution < -0.4 is 10.1 Å². The maximum atomic E-state index is 12.3. The van der Waals surface area contributed by atoms with Gasteiger partial charge in [0.05, 0.1) is 0 Å². The van der Waals surface area contributed by atoms with E-state index in [0.717, 1.165) is 25.5 Å². The molecule has 1 aliphatic rings. The van der Waals surface area contributed by atoms with E-state index < -0.39 is 6.36 Å². The molecule has 1 aromatic rings. The number of hydrogen-bond acceptors (Lipinski definition) is 3. The van der Waals surface area contributed by atoms with Gasteiger partial charge in [-0.15, -0.1) is 25.6 Å². The lowest BCUT2D eigenvalue weighted by atomic mass is 10.1. The van der Waals surface area contributed by atoms with Crippen LogP contribution in [0, 0.1) is 0 Å². The van der Waals surface area contributed by atoms with Gasteiger partial charge in [0.1, 0.15) is 5.75 Å². The molecule has 4 nitrogen and oxygen atoms in total. The SMILES string of the molecule is CN(C(=O)c1cccc(OC(F)(F)F)c1)[C@@H]1CCCNC1.Cl. The number of nitrogens with zero attached hydrogens (tertiary/aromatic N) is 1. The van der Waals surface area contributed by atoms with Gasteiger partial charge in [0.25, 0.3) is 5.91 Å². The molecule has 0 aliphatic carbocycles. The van der Waals surface area contributed by atoms with Crippen molar-refractivity contribution in [1.82, 2.24) is 10.2 Å². The van der Waals surface area contributed by atoms with Gasteiger partial charge in [-0.2, -0.15) is 0 Å². The van der Waals surface area contributed by atoms with Crippen LogP contribution in [-0.4, -0.2) is 43.3 Å².